The first-order chi connectivity index (χ1) is 9.44. The second-order valence-electron chi connectivity index (χ2n) is 3.73. The molecule has 108 valence electrons. The number of nitrogens with zero attached hydrogens (tertiary/aromatic N) is 1. The van der Waals surface area contributed by atoms with Gasteiger partial charge in [-0.15, -0.1) is 11.3 Å². The highest BCUT2D eigenvalue weighted by Crippen LogP contribution is 2.34. The summed E-state index contributed by atoms with van der Waals surface area (Å²) in [5, 5.41) is 3.91. The van der Waals surface area contributed by atoms with Crippen molar-refractivity contribution in [3.05, 3.63) is 29.3 Å². The van der Waals surface area contributed by atoms with Gasteiger partial charge in [0, 0.05) is 17.1 Å². The third kappa shape index (κ3) is 3.13. The van der Waals surface area contributed by atoms with Crippen LogP contribution in [0.2, 0.25) is 0 Å². The van der Waals surface area contributed by atoms with Gasteiger partial charge < -0.3 is 14.8 Å². The number of nitrogens with one attached hydrogen (secondary N) is 1. The van der Waals surface area contributed by atoms with Gasteiger partial charge in [0.25, 0.3) is 0 Å². The van der Waals surface area contributed by atoms with Crippen LogP contribution in [0, 0.1) is 0 Å². The molecule has 1 heterocycles. The van der Waals surface area contributed by atoms with Gasteiger partial charge in [-0.2, -0.15) is 13.2 Å². The zero-order chi connectivity index (χ0) is 14.8. The molecule has 1 aromatic heterocycles. The molecule has 0 aliphatic carbocycles. The number of halogens is 3. The van der Waals surface area contributed by atoms with Crippen molar-refractivity contribution in [2.24, 2.45) is 0 Å². The summed E-state index contributed by atoms with van der Waals surface area (Å²) >= 11 is 0.880. The molecule has 0 bridgehead atoms. The SMILES string of the molecule is COc1ccc(Nc2nc(C(F)(F)F)cs2)cc1OC. The quantitative estimate of drug-likeness (QED) is 0.929. The van der Waals surface area contributed by atoms with Gasteiger partial charge in [-0.25, -0.2) is 4.98 Å². The van der Waals surface area contributed by atoms with Gasteiger partial charge in [-0.3, -0.25) is 0 Å². The van der Waals surface area contributed by atoms with E-state index in [1.165, 1.54) is 14.2 Å². The van der Waals surface area contributed by atoms with Crippen LogP contribution in [-0.2, 0) is 6.18 Å². The van der Waals surface area contributed by atoms with Crippen LogP contribution in [0.1, 0.15) is 5.69 Å². The number of thiazole rings is 1. The Labute approximate surface area is 117 Å². The third-order valence-electron chi connectivity index (χ3n) is 2.43. The Kier molecular flexibility index (Phi) is 4.03. The van der Waals surface area contributed by atoms with Crippen LogP contribution in [0.5, 0.6) is 11.5 Å². The summed E-state index contributed by atoms with van der Waals surface area (Å²) in [6.07, 6.45) is -4.44. The van der Waals surface area contributed by atoms with Crippen LogP contribution in [0.3, 0.4) is 0 Å². The van der Waals surface area contributed by atoms with Crippen molar-refractivity contribution in [3.63, 3.8) is 0 Å². The number of hydrogen-bond acceptors (Lipinski definition) is 5. The van der Waals surface area contributed by atoms with Gasteiger partial charge in [-0.1, -0.05) is 0 Å². The first-order valence-electron chi connectivity index (χ1n) is 5.46. The fraction of sp³-hybridized carbons (Fsp3) is 0.250. The molecule has 1 aromatic carbocycles. The first-order valence-corrected chi connectivity index (χ1v) is 6.34. The summed E-state index contributed by atoms with van der Waals surface area (Å²) in [5.41, 5.74) is -0.351. The summed E-state index contributed by atoms with van der Waals surface area (Å²) in [7, 11) is 2.98. The van der Waals surface area contributed by atoms with Crippen molar-refractivity contribution in [2.45, 2.75) is 6.18 Å². The molecule has 2 aromatic rings. The molecule has 0 saturated heterocycles. The Balaban J connectivity index is 2.20. The number of methoxy groups -OCH3 is 2. The highest BCUT2D eigenvalue weighted by atomic mass is 32.1. The Morgan fingerprint density at radius 3 is 2.40 bits per heavy atom. The second-order valence-corrected chi connectivity index (χ2v) is 4.59. The van der Waals surface area contributed by atoms with Gasteiger partial charge >= 0.3 is 6.18 Å². The molecule has 0 aliphatic heterocycles. The van der Waals surface area contributed by atoms with E-state index in [0.717, 1.165) is 16.7 Å². The van der Waals surface area contributed by atoms with E-state index in [1.54, 1.807) is 18.2 Å². The van der Waals surface area contributed by atoms with Crippen LogP contribution in [0.25, 0.3) is 0 Å². The largest absolute Gasteiger partial charge is 0.493 e. The predicted octanol–water partition coefficient (Wildman–Crippen LogP) is 3.92. The minimum Gasteiger partial charge on any atom is -0.493 e. The van der Waals surface area contributed by atoms with E-state index in [-0.39, 0.29) is 5.13 Å². The predicted molar refractivity (Wildman–Crippen MR) is 69.9 cm³/mol. The van der Waals surface area contributed by atoms with Gasteiger partial charge in [0.05, 0.1) is 14.2 Å². The molecule has 0 radical (unpaired) electrons. The normalized spacial score (nSPS) is 11.2. The minimum atomic E-state index is -4.44. The Hall–Kier alpha value is -1.96. The van der Waals surface area contributed by atoms with Crippen molar-refractivity contribution >= 4 is 22.2 Å². The smallest absolute Gasteiger partial charge is 0.434 e. The molecular formula is C12H11F3N2O2S. The van der Waals surface area contributed by atoms with E-state index in [1.807, 2.05) is 0 Å². The van der Waals surface area contributed by atoms with Gasteiger partial charge in [0.15, 0.2) is 22.3 Å². The molecule has 20 heavy (non-hydrogen) atoms. The number of hydrogen-bond donors (Lipinski definition) is 1. The summed E-state index contributed by atoms with van der Waals surface area (Å²) < 4.78 is 47.5. The first kappa shape index (κ1) is 14.4. The van der Waals surface area contributed by atoms with E-state index >= 15 is 0 Å². The lowest BCUT2D eigenvalue weighted by atomic mass is 10.3. The highest BCUT2D eigenvalue weighted by Gasteiger charge is 2.33. The van der Waals surface area contributed by atoms with Crippen LogP contribution in [0.15, 0.2) is 23.6 Å². The maximum atomic E-state index is 12.4. The number of rotatable bonds is 4. The minimum absolute atomic E-state index is 0.157. The van der Waals surface area contributed by atoms with E-state index in [4.69, 9.17) is 9.47 Å². The molecule has 0 unspecified atom stereocenters. The molecule has 0 saturated carbocycles. The molecule has 0 fully saturated rings. The lowest BCUT2D eigenvalue weighted by Gasteiger charge is -2.09. The van der Waals surface area contributed by atoms with Gasteiger partial charge in [-0.05, 0) is 12.1 Å². The molecule has 0 amide bonds. The molecule has 0 aliphatic rings. The van der Waals surface area contributed by atoms with E-state index in [9.17, 15) is 13.2 Å². The topological polar surface area (TPSA) is 43.4 Å². The summed E-state index contributed by atoms with van der Waals surface area (Å²) in [4.78, 5) is 3.49. The number of benzene rings is 1. The van der Waals surface area contributed by atoms with Crippen LogP contribution < -0.4 is 14.8 Å². The van der Waals surface area contributed by atoms with Crippen molar-refractivity contribution < 1.29 is 22.6 Å². The number of ether oxygens (including phenoxy) is 2. The zero-order valence-corrected chi connectivity index (χ0v) is 11.4. The maximum Gasteiger partial charge on any atom is 0.434 e. The van der Waals surface area contributed by atoms with Crippen molar-refractivity contribution in [1.82, 2.24) is 4.98 Å². The molecule has 1 N–H and O–H groups in total. The van der Waals surface area contributed by atoms with Crippen molar-refractivity contribution in [2.75, 3.05) is 19.5 Å². The molecule has 0 spiro atoms. The fourth-order valence-corrected chi connectivity index (χ4v) is 2.24. The van der Waals surface area contributed by atoms with Crippen LogP contribution >= 0.6 is 11.3 Å². The standard InChI is InChI=1S/C12H11F3N2O2S/c1-18-8-4-3-7(5-9(8)19-2)16-11-17-10(6-20-11)12(13,14)15/h3-6H,1-2H3,(H,16,17). The molecule has 4 nitrogen and oxygen atoms in total. The Morgan fingerprint density at radius 2 is 1.85 bits per heavy atom. The zero-order valence-electron chi connectivity index (χ0n) is 10.6. The monoisotopic (exact) mass is 304 g/mol. The van der Waals surface area contributed by atoms with Crippen LogP contribution in [-0.4, -0.2) is 19.2 Å². The second kappa shape index (κ2) is 5.58. The van der Waals surface area contributed by atoms with Crippen molar-refractivity contribution in [3.8, 4) is 11.5 Å². The maximum absolute atomic E-state index is 12.4. The summed E-state index contributed by atoms with van der Waals surface area (Å²) in [5.74, 6) is 1.01. The van der Waals surface area contributed by atoms with E-state index in [0.29, 0.717) is 17.2 Å². The summed E-state index contributed by atoms with van der Waals surface area (Å²) in [6.45, 7) is 0. The molecular weight excluding hydrogens is 293 g/mol. The van der Waals surface area contributed by atoms with Gasteiger partial charge in [0.1, 0.15) is 0 Å². The lowest BCUT2D eigenvalue weighted by Crippen LogP contribution is -2.05. The molecule has 2 rings (SSSR count). The summed E-state index contributed by atoms with van der Waals surface area (Å²) in [6, 6.07) is 4.93. The number of anilines is 2. The van der Waals surface area contributed by atoms with Crippen LogP contribution in [0.4, 0.5) is 24.0 Å². The third-order valence-corrected chi connectivity index (χ3v) is 3.19. The Morgan fingerprint density at radius 1 is 1.15 bits per heavy atom. The number of alkyl halides is 3. The number of aromatic nitrogens is 1. The van der Waals surface area contributed by atoms with E-state index < -0.39 is 11.9 Å². The average Bonchev–Trinajstić information content (AvgIpc) is 2.87. The van der Waals surface area contributed by atoms with Crippen molar-refractivity contribution in [1.29, 1.82) is 0 Å². The van der Waals surface area contributed by atoms with E-state index in [2.05, 4.69) is 10.3 Å². The highest BCUT2D eigenvalue weighted by molar-refractivity contribution is 7.13. The fourth-order valence-electron chi connectivity index (χ4n) is 1.50. The molecule has 8 heteroatoms. The molecule has 0 atom stereocenters. The lowest BCUT2D eigenvalue weighted by molar-refractivity contribution is -0.140. The van der Waals surface area contributed by atoms with Gasteiger partial charge in [0.2, 0.25) is 0 Å². The average molecular weight is 304 g/mol. The Bertz CT molecular complexity index is 599.